The zero-order chi connectivity index (χ0) is 9.97. The molecule has 0 amide bonds. The highest BCUT2D eigenvalue weighted by atomic mass is 15.5. The lowest BCUT2D eigenvalue weighted by molar-refractivity contribution is 0.508. The van der Waals surface area contributed by atoms with E-state index in [1.54, 1.807) is 0 Å². The van der Waals surface area contributed by atoms with Gasteiger partial charge in [-0.05, 0) is 13.8 Å². The Bertz CT molecular complexity index is 388. The minimum atomic E-state index is 0.291. The Morgan fingerprint density at radius 1 is 1.50 bits per heavy atom. The number of nitrogens with zero attached hydrogens (tertiary/aromatic N) is 6. The van der Waals surface area contributed by atoms with Gasteiger partial charge in [0.05, 0.1) is 6.42 Å². The van der Waals surface area contributed by atoms with Crippen LogP contribution in [0.1, 0.15) is 31.5 Å². The molecule has 14 heavy (non-hydrogen) atoms. The molecular formula is C7H11N7. The van der Waals surface area contributed by atoms with Crippen molar-refractivity contribution in [3.63, 3.8) is 0 Å². The number of H-pyrrole nitrogens is 1. The summed E-state index contributed by atoms with van der Waals surface area (Å²) >= 11 is 0. The van der Waals surface area contributed by atoms with Gasteiger partial charge in [0.15, 0.2) is 5.82 Å². The lowest BCUT2D eigenvalue weighted by atomic mass is 10.3. The summed E-state index contributed by atoms with van der Waals surface area (Å²) in [6.07, 6.45) is 2.09. The van der Waals surface area contributed by atoms with E-state index in [4.69, 9.17) is 0 Å². The van der Waals surface area contributed by atoms with Gasteiger partial charge in [0.25, 0.3) is 0 Å². The van der Waals surface area contributed by atoms with Crippen LogP contribution in [0.3, 0.4) is 0 Å². The van der Waals surface area contributed by atoms with E-state index in [0.717, 1.165) is 5.82 Å². The molecule has 74 valence electrons. The standard InChI is InChI=1S/C7H11N7/c1-5(2)14-7(8-4-9-14)3-6-10-12-13-11-6/h4-5H,3H2,1-2H3,(H,10,11,12,13). The van der Waals surface area contributed by atoms with Crippen LogP contribution in [0.25, 0.3) is 0 Å². The minimum Gasteiger partial charge on any atom is -0.247 e. The molecule has 0 spiro atoms. The van der Waals surface area contributed by atoms with Crippen LogP contribution >= 0.6 is 0 Å². The molecule has 0 saturated carbocycles. The number of aromatic nitrogens is 7. The number of rotatable bonds is 3. The van der Waals surface area contributed by atoms with Crippen molar-refractivity contribution in [3.05, 3.63) is 18.0 Å². The summed E-state index contributed by atoms with van der Waals surface area (Å²) in [6, 6.07) is 0.291. The molecule has 0 aliphatic heterocycles. The quantitative estimate of drug-likeness (QED) is 0.739. The normalized spacial score (nSPS) is 11.1. The van der Waals surface area contributed by atoms with Gasteiger partial charge in [0.2, 0.25) is 0 Å². The van der Waals surface area contributed by atoms with Gasteiger partial charge < -0.3 is 0 Å². The van der Waals surface area contributed by atoms with Crippen molar-refractivity contribution in [1.82, 2.24) is 35.4 Å². The minimum absolute atomic E-state index is 0.291. The Kier molecular flexibility index (Phi) is 2.21. The fourth-order valence-corrected chi connectivity index (χ4v) is 1.23. The second-order valence-corrected chi connectivity index (χ2v) is 3.22. The molecule has 7 nitrogen and oxygen atoms in total. The Labute approximate surface area is 80.5 Å². The monoisotopic (exact) mass is 193 g/mol. The summed E-state index contributed by atoms with van der Waals surface area (Å²) < 4.78 is 1.84. The fraction of sp³-hybridized carbons (Fsp3) is 0.571. The van der Waals surface area contributed by atoms with Gasteiger partial charge in [-0.15, -0.1) is 10.2 Å². The topological polar surface area (TPSA) is 85.2 Å². The molecule has 0 aliphatic rings. The van der Waals surface area contributed by atoms with Gasteiger partial charge >= 0.3 is 0 Å². The summed E-state index contributed by atoms with van der Waals surface area (Å²) in [5.74, 6) is 1.47. The largest absolute Gasteiger partial charge is 0.247 e. The van der Waals surface area contributed by atoms with Gasteiger partial charge in [-0.25, -0.2) is 9.67 Å². The highest BCUT2D eigenvalue weighted by Gasteiger charge is 2.10. The summed E-state index contributed by atoms with van der Waals surface area (Å²) in [6.45, 7) is 4.10. The summed E-state index contributed by atoms with van der Waals surface area (Å²) in [5, 5.41) is 17.7. The molecule has 0 unspecified atom stereocenters. The maximum Gasteiger partial charge on any atom is 0.182 e. The number of tetrazole rings is 1. The van der Waals surface area contributed by atoms with Crippen LogP contribution in [-0.2, 0) is 6.42 Å². The summed E-state index contributed by atoms with van der Waals surface area (Å²) in [5.41, 5.74) is 0. The molecule has 2 heterocycles. The molecule has 2 rings (SSSR count). The average molecular weight is 193 g/mol. The van der Waals surface area contributed by atoms with Crippen molar-refractivity contribution in [3.8, 4) is 0 Å². The number of hydrogen-bond donors (Lipinski definition) is 1. The lowest BCUT2D eigenvalue weighted by Crippen LogP contribution is -2.09. The van der Waals surface area contributed by atoms with Crippen LogP contribution in [0.4, 0.5) is 0 Å². The number of aromatic amines is 1. The predicted molar refractivity (Wildman–Crippen MR) is 47.4 cm³/mol. The molecule has 7 heteroatoms. The van der Waals surface area contributed by atoms with E-state index in [1.165, 1.54) is 6.33 Å². The maximum atomic E-state index is 4.14. The van der Waals surface area contributed by atoms with E-state index in [2.05, 4.69) is 44.6 Å². The molecule has 0 saturated heterocycles. The first kappa shape index (κ1) is 8.79. The second-order valence-electron chi connectivity index (χ2n) is 3.22. The maximum absolute atomic E-state index is 4.14. The molecule has 0 radical (unpaired) electrons. The van der Waals surface area contributed by atoms with Gasteiger partial charge in [-0.1, -0.05) is 5.21 Å². The van der Waals surface area contributed by atoms with E-state index < -0.39 is 0 Å². The van der Waals surface area contributed by atoms with Crippen molar-refractivity contribution >= 4 is 0 Å². The van der Waals surface area contributed by atoms with Crippen molar-refractivity contribution in [2.75, 3.05) is 0 Å². The zero-order valence-electron chi connectivity index (χ0n) is 8.05. The Morgan fingerprint density at radius 3 is 3.00 bits per heavy atom. The van der Waals surface area contributed by atoms with Crippen LogP contribution in [-0.4, -0.2) is 35.4 Å². The highest BCUT2D eigenvalue weighted by Crippen LogP contribution is 2.07. The fourth-order valence-electron chi connectivity index (χ4n) is 1.23. The predicted octanol–water partition coefficient (Wildman–Crippen LogP) is -0.0371. The number of hydrogen-bond acceptors (Lipinski definition) is 5. The van der Waals surface area contributed by atoms with Gasteiger partial charge in [0.1, 0.15) is 12.2 Å². The van der Waals surface area contributed by atoms with E-state index in [1.807, 2.05) is 4.68 Å². The van der Waals surface area contributed by atoms with Crippen molar-refractivity contribution in [2.45, 2.75) is 26.3 Å². The Hall–Kier alpha value is -1.79. The molecule has 0 atom stereocenters. The van der Waals surface area contributed by atoms with Gasteiger partial charge in [0, 0.05) is 6.04 Å². The first-order valence-corrected chi connectivity index (χ1v) is 4.38. The number of nitrogens with one attached hydrogen (secondary N) is 1. The molecule has 1 N–H and O–H groups in total. The summed E-state index contributed by atoms with van der Waals surface area (Å²) in [4.78, 5) is 4.14. The van der Waals surface area contributed by atoms with Crippen molar-refractivity contribution in [2.24, 2.45) is 0 Å². The van der Waals surface area contributed by atoms with E-state index in [-0.39, 0.29) is 0 Å². The first-order chi connectivity index (χ1) is 6.77. The van der Waals surface area contributed by atoms with Crippen LogP contribution < -0.4 is 0 Å². The first-order valence-electron chi connectivity index (χ1n) is 4.38. The molecule has 0 aliphatic carbocycles. The SMILES string of the molecule is CC(C)n1ncnc1Cc1nn[nH]n1. The Balaban J connectivity index is 2.21. The summed E-state index contributed by atoms with van der Waals surface area (Å²) in [7, 11) is 0. The van der Waals surface area contributed by atoms with Crippen LogP contribution in [0, 0.1) is 0 Å². The highest BCUT2D eigenvalue weighted by molar-refractivity contribution is 4.96. The zero-order valence-corrected chi connectivity index (χ0v) is 8.05. The molecule has 0 bridgehead atoms. The van der Waals surface area contributed by atoms with Crippen LogP contribution in [0.15, 0.2) is 6.33 Å². The van der Waals surface area contributed by atoms with Crippen LogP contribution in [0.2, 0.25) is 0 Å². The smallest absolute Gasteiger partial charge is 0.182 e. The van der Waals surface area contributed by atoms with Crippen molar-refractivity contribution in [1.29, 1.82) is 0 Å². The third-order valence-electron chi connectivity index (χ3n) is 1.84. The Morgan fingerprint density at radius 2 is 2.36 bits per heavy atom. The van der Waals surface area contributed by atoms with E-state index in [9.17, 15) is 0 Å². The second kappa shape index (κ2) is 3.52. The lowest BCUT2D eigenvalue weighted by Gasteiger charge is -2.07. The molecule has 2 aromatic heterocycles. The molecule has 0 fully saturated rings. The molecule has 2 aromatic rings. The molecule has 0 aromatic carbocycles. The third-order valence-corrected chi connectivity index (χ3v) is 1.84. The van der Waals surface area contributed by atoms with Crippen LogP contribution in [0.5, 0.6) is 0 Å². The van der Waals surface area contributed by atoms with Gasteiger partial charge in [-0.2, -0.15) is 10.3 Å². The molecular weight excluding hydrogens is 182 g/mol. The van der Waals surface area contributed by atoms with E-state index >= 15 is 0 Å². The van der Waals surface area contributed by atoms with Gasteiger partial charge in [-0.3, -0.25) is 0 Å². The van der Waals surface area contributed by atoms with E-state index in [0.29, 0.717) is 18.3 Å². The third kappa shape index (κ3) is 1.61. The average Bonchev–Trinajstić information content (AvgIpc) is 2.75. The van der Waals surface area contributed by atoms with Crippen molar-refractivity contribution < 1.29 is 0 Å².